The van der Waals surface area contributed by atoms with Crippen molar-refractivity contribution >= 4 is 38.1 Å². The van der Waals surface area contributed by atoms with Gasteiger partial charge in [-0.3, -0.25) is 14.5 Å². The predicted octanol–water partition coefficient (Wildman–Crippen LogP) is 4.69. The zero-order valence-corrected chi connectivity index (χ0v) is 18.1. The second-order valence-electron chi connectivity index (χ2n) is 6.92. The van der Waals surface area contributed by atoms with Crippen LogP contribution in [0.1, 0.15) is 17.3 Å². The summed E-state index contributed by atoms with van der Waals surface area (Å²) in [4.78, 5) is 16.6. The predicted molar refractivity (Wildman–Crippen MR) is 125 cm³/mol. The topological polar surface area (TPSA) is 97.4 Å². The Balaban J connectivity index is 1.63. The number of nitrogens with zero attached hydrogens (tertiary/aromatic N) is 1. The van der Waals surface area contributed by atoms with E-state index in [0.717, 1.165) is 0 Å². The summed E-state index contributed by atoms with van der Waals surface area (Å²) in [6.45, 7) is 2.35. The van der Waals surface area contributed by atoms with Gasteiger partial charge in [-0.05, 0) is 49.4 Å². The van der Waals surface area contributed by atoms with E-state index in [0.29, 0.717) is 34.4 Å². The Morgan fingerprint density at radius 3 is 2.41 bits per heavy atom. The molecule has 32 heavy (non-hydrogen) atoms. The van der Waals surface area contributed by atoms with Crippen LogP contribution in [0.5, 0.6) is 5.75 Å². The molecule has 0 aliphatic rings. The molecule has 4 aromatic rings. The Labute approximate surface area is 186 Å². The zero-order valence-electron chi connectivity index (χ0n) is 17.3. The van der Waals surface area contributed by atoms with Crippen molar-refractivity contribution < 1.29 is 17.9 Å². The van der Waals surface area contributed by atoms with E-state index >= 15 is 0 Å². The van der Waals surface area contributed by atoms with Crippen LogP contribution in [0.15, 0.2) is 90.1 Å². The normalized spacial score (nSPS) is 11.2. The van der Waals surface area contributed by atoms with E-state index in [-0.39, 0.29) is 16.5 Å². The number of benzene rings is 3. The molecule has 0 aliphatic carbocycles. The van der Waals surface area contributed by atoms with Gasteiger partial charge in [-0.1, -0.05) is 30.3 Å². The summed E-state index contributed by atoms with van der Waals surface area (Å²) in [7, 11) is -3.92. The molecule has 0 spiro atoms. The van der Waals surface area contributed by atoms with Gasteiger partial charge in [0.15, 0.2) is 0 Å². The first-order valence-electron chi connectivity index (χ1n) is 9.97. The lowest BCUT2D eigenvalue weighted by Gasteiger charge is -2.14. The Hall–Kier alpha value is -3.91. The molecule has 0 unspecified atom stereocenters. The maximum Gasteiger partial charge on any atom is 0.262 e. The van der Waals surface area contributed by atoms with Crippen molar-refractivity contribution in [3.63, 3.8) is 0 Å². The first-order valence-corrected chi connectivity index (χ1v) is 11.4. The number of fused-ring (bicyclic) bond motifs is 1. The quantitative estimate of drug-likeness (QED) is 0.428. The van der Waals surface area contributed by atoms with Gasteiger partial charge in [-0.15, -0.1) is 0 Å². The summed E-state index contributed by atoms with van der Waals surface area (Å²) in [6, 6.07) is 20.0. The van der Waals surface area contributed by atoms with Crippen LogP contribution in [-0.2, 0) is 10.0 Å². The van der Waals surface area contributed by atoms with Gasteiger partial charge in [-0.2, -0.15) is 0 Å². The van der Waals surface area contributed by atoms with Crippen LogP contribution < -0.4 is 14.8 Å². The molecule has 1 heterocycles. The minimum Gasteiger partial charge on any atom is -0.493 e. The second kappa shape index (κ2) is 9.07. The lowest BCUT2D eigenvalue weighted by atomic mass is 10.1. The molecule has 0 bridgehead atoms. The van der Waals surface area contributed by atoms with Gasteiger partial charge >= 0.3 is 0 Å². The molecule has 0 atom stereocenters. The van der Waals surface area contributed by atoms with Gasteiger partial charge in [0.25, 0.3) is 15.9 Å². The monoisotopic (exact) mass is 447 g/mol. The van der Waals surface area contributed by atoms with Crippen LogP contribution >= 0.6 is 0 Å². The fraction of sp³-hybridized carbons (Fsp3) is 0.0833. The summed E-state index contributed by atoms with van der Waals surface area (Å²) < 4.78 is 34.6. The van der Waals surface area contributed by atoms with Crippen LogP contribution in [0, 0.1) is 0 Å². The van der Waals surface area contributed by atoms with Gasteiger partial charge in [0.05, 0.1) is 11.5 Å². The number of anilines is 2. The van der Waals surface area contributed by atoms with Gasteiger partial charge < -0.3 is 10.1 Å². The van der Waals surface area contributed by atoms with Crippen LogP contribution in [-0.4, -0.2) is 25.9 Å². The number of carbonyl (C=O) groups excluding carboxylic acids is 1. The average Bonchev–Trinajstić information content (AvgIpc) is 2.80. The SMILES string of the molecule is CCOc1ccc(S(=O)(=O)Nc2cccc(C(=O)Nc3ccncc3)c2)c2ccccc12. The zero-order chi connectivity index (χ0) is 22.6. The molecule has 2 N–H and O–H groups in total. The van der Waals surface area contributed by atoms with Crippen molar-refractivity contribution in [3.05, 3.63) is 90.8 Å². The average molecular weight is 448 g/mol. The molecule has 0 aliphatic heterocycles. The molecule has 0 radical (unpaired) electrons. The summed E-state index contributed by atoms with van der Waals surface area (Å²) in [6.07, 6.45) is 3.14. The Morgan fingerprint density at radius 2 is 1.66 bits per heavy atom. The van der Waals surface area contributed by atoms with E-state index in [1.54, 1.807) is 60.9 Å². The molecule has 0 saturated heterocycles. The minimum atomic E-state index is -3.92. The fourth-order valence-electron chi connectivity index (χ4n) is 3.33. The highest BCUT2D eigenvalue weighted by Gasteiger charge is 2.20. The van der Waals surface area contributed by atoms with Gasteiger partial charge in [0, 0.05) is 40.1 Å². The van der Waals surface area contributed by atoms with Crippen molar-refractivity contribution in [2.45, 2.75) is 11.8 Å². The number of amides is 1. The largest absolute Gasteiger partial charge is 0.493 e. The summed E-state index contributed by atoms with van der Waals surface area (Å²) >= 11 is 0. The number of aromatic nitrogens is 1. The summed E-state index contributed by atoms with van der Waals surface area (Å²) in [5.74, 6) is 0.264. The third kappa shape index (κ3) is 4.55. The molecular weight excluding hydrogens is 426 g/mol. The molecule has 0 fully saturated rings. The third-order valence-corrected chi connectivity index (χ3v) is 6.19. The van der Waals surface area contributed by atoms with Crippen molar-refractivity contribution in [2.75, 3.05) is 16.6 Å². The first kappa shape index (κ1) is 21.3. The van der Waals surface area contributed by atoms with E-state index in [1.807, 2.05) is 19.1 Å². The number of ether oxygens (including phenoxy) is 1. The van der Waals surface area contributed by atoms with Gasteiger partial charge in [0.2, 0.25) is 0 Å². The summed E-state index contributed by atoms with van der Waals surface area (Å²) in [5.41, 5.74) is 1.20. The molecule has 0 saturated carbocycles. The smallest absolute Gasteiger partial charge is 0.262 e. The lowest BCUT2D eigenvalue weighted by Crippen LogP contribution is -2.15. The minimum absolute atomic E-state index is 0.128. The lowest BCUT2D eigenvalue weighted by molar-refractivity contribution is 0.102. The number of pyridine rings is 1. The number of carbonyl (C=O) groups is 1. The maximum absolute atomic E-state index is 13.2. The molecule has 1 aromatic heterocycles. The molecule has 8 heteroatoms. The molecule has 162 valence electrons. The van der Waals surface area contributed by atoms with Gasteiger partial charge in [0.1, 0.15) is 5.75 Å². The van der Waals surface area contributed by atoms with E-state index in [9.17, 15) is 13.2 Å². The number of sulfonamides is 1. The van der Waals surface area contributed by atoms with E-state index in [2.05, 4.69) is 15.0 Å². The number of hydrogen-bond acceptors (Lipinski definition) is 5. The molecule has 4 rings (SSSR count). The molecule has 7 nitrogen and oxygen atoms in total. The molecule has 3 aromatic carbocycles. The second-order valence-corrected chi connectivity index (χ2v) is 8.57. The molecule has 1 amide bonds. The fourth-order valence-corrected chi connectivity index (χ4v) is 4.59. The van der Waals surface area contributed by atoms with E-state index in [1.165, 1.54) is 12.1 Å². The van der Waals surface area contributed by atoms with Crippen LogP contribution in [0.3, 0.4) is 0 Å². The van der Waals surface area contributed by atoms with Gasteiger partial charge in [-0.25, -0.2) is 8.42 Å². The van der Waals surface area contributed by atoms with Crippen LogP contribution in [0.2, 0.25) is 0 Å². The number of rotatable bonds is 7. The number of nitrogens with one attached hydrogen (secondary N) is 2. The Bertz CT molecular complexity index is 1370. The van der Waals surface area contributed by atoms with E-state index in [4.69, 9.17) is 4.74 Å². The first-order chi connectivity index (χ1) is 15.5. The van der Waals surface area contributed by atoms with Crippen LogP contribution in [0.25, 0.3) is 10.8 Å². The van der Waals surface area contributed by atoms with Crippen molar-refractivity contribution in [1.29, 1.82) is 0 Å². The van der Waals surface area contributed by atoms with Crippen molar-refractivity contribution in [1.82, 2.24) is 4.98 Å². The number of hydrogen-bond donors (Lipinski definition) is 2. The third-order valence-electron chi connectivity index (χ3n) is 4.75. The Kier molecular flexibility index (Phi) is 6.04. The highest BCUT2D eigenvalue weighted by Crippen LogP contribution is 2.32. The van der Waals surface area contributed by atoms with Crippen LogP contribution in [0.4, 0.5) is 11.4 Å². The molecular formula is C24H21N3O4S. The van der Waals surface area contributed by atoms with Crippen molar-refractivity contribution in [2.24, 2.45) is 0 Å². The maximum atomic E-state index is 13.2. The highest BCUT2D eigenvalue weighted by atomic mass is 32.2. The van der Waals surface area contributed by atoms with E-state index < -0.39 is 10.0 Å². The Morgan fingerprint density at radius 1 is 0.906 bits per heavy atom. The highest BCUT2D eigenvalue weighted by molar-refractivity contribution is 7.93. The standard InChI is InChI=1S/C24H21N3O4S/c1-2-31-22-10-11-23(21-9-4-3-8-20(21)22)32(29,30)27-19-7-5-6-17(16-19)24(28)26-18-12-14-25-15-13-18/h3-16,27H,2H2,1H3,(H,25,26,28). The summed E-state index contributed by atoms with van der Waals surface area (Å²) in [5, 5.41) is 4.02. The van der Waals surface area contributed by atoms with Crippen molar-refractivity contribution in [3.8, 4) is 5.75 Å².